The van der Waals surface area contributed by atoms with E-state index in [0.29, 0.717) is 6.54 Å². The largest absolute Gasteiger partial charge is 0.418 e. The number of nitrogens with zero attached hydrogens (tertiary/aromatic N) is 1. The molecule has 0 aliphatic carbocycles. The van der Waals surface area contributed by atoms with Gasteiger partial charge in [-0.2, -0.15) is 13.2 Å². The van der Waals surface area contributed by atoms with Gasteiger partial charge in [-0.3, -0.25) is 4.79 Å². The summed E-state index contributed by atoms with van der Waals surface area (Å²) in [6.07, 6.45) is -4.60. The number of anilines is 1. The molecule has 0 spiro atoms. The summed E-state index contributed by atoms with van der Waals surface area (Å²) in [7, 11) is 0. The molecule has 0 aliphatic rings. The summed E-state index contributed by atoms with van der Waals surface area (Å²) < 4.78 is 39.6. The Morgan fingerprint density at radius 3 is 1.91 bits per heavy atom. The third-order valence-electron chi connectivity index (χ3n) is 5.37. The zero-order valence-electron chi connectivity index (χ0n) is 18.7. The van der Waals surface area contributed by atoms with Crippen LogP contribution >= 0.6 is 0 Å². The van der Waals surface area contributed by atoms with Gasteiger partial charge in [-0.1, -0.05) is 72.8 Å². The molecule has 0 unspecified atom stereocenters. The molecule has 0 bridgehead atoms. The van der Waals surface area contributed by atoms with Crippen LogP contribution in [0.2, 0.25) is 0 Å². The Kier molecular flexibility index (Phi) is 8.29. The van der Waals surface area contributed by atoms with E-state index in [1.165, 1.54) is 23.1 Å². The molecule has 0 saturated carbocycles. The number of hydrogen-bond acceptors (Lipinski definition) is 2. The lowest BCUT2D eigenvalue weighted by Crippen LogP contribution is -2.45. The molecule has 0 atom stereocenters. The van der Waals surface area contributed by atoms with Gasteiger partial charge < -0.3 is 15.5 Å². The quantitative estimate of drug-likeness (QED) is 0.457. The van der Waals surface area contributed by atoms with Crippen LogP contribution in [0.4, 0.5) is 23.7 Å². The Bertz CT molecular complexity index is 1050. The fraction of sp³-hybridized carbons (Fsp3) is 0.231. The molecule has 0 saturated heterocycles. The van der Waals surface area contributed by atoms with Crippen LogP contribution in [0.1, 0.15) is 29.5 Å². The molecule has 3 aromatic carbocycles. The lowest BCUT2D eigenvalue weighted by molar-refractivity contribution is -0.137. The summed E-state index contributed by atoms with van der Waals surface area (Å²) in [5, 5.41) is 5.14. The minimum Gasteiger partial charge on any atom is -0.337 e. The number of para-hydroxylation sites is 1. The van der Waals surface area contributed by atoms with Crippen molar-refractivity contribution in [2.24, 2.45) is 0 Å². The number of urea groups is 1. The first-order valence-corrected chi connectivity index (χ1v) is 10.9. The molecule has 0 aromatic heterocycles. The molecule has 0 aliphatic heterocycles. The van der Waals surface area contributed by atoms with E-state index in [2.05, 4.69) is 10.6 Å². The summed E-state index contributed by atoms with van der Waals surface area (Å²) in [5.41, 5.74) is 0.770. The molecule has 5 nitrogen and oxygen atoms in total. The summed E-state index contributed by atoms with van der Waals surface area (Å²) in [6, 6.07) is 23.7. The van der Waals surface area contributed by atoms with Gasteiger partial charge in [-0.15, -0.1) is 0 Å². The normalized spacial score (nSPS) is 11.2. The maximum absolute atomic E-state index is 13.2. The van der Waals surface area contributed by atoms with E-state index in [1.54, 1.807) is 6.92 Å². The highest BCUT2D eigenvalue weighted by Crippen LogP contribution is 2.34. The smallest absolute Gasteiger partial charge is 0.337 e. The molecule has 34 heavy (non-hydrogen) atoms. The van der Waals surface area contributed by atoms with E-state index in [0.717, 1.165) is 17.2 Å². The van der Waals surface area contributed by atoms with Gasteiger partial charge >= 0.3 is 12.2 Å². The summed E-state index contributed by atoms with van der Waals surface area (Å²) in [5.74, 6) is -0.811. The van der Waals surface area contributed by atoms with Crippen molar-refractivity contribution in [3.05, 3.63) is 102 Å². The molecule has 0 heterocycles. The number of benzene rings is 3. The van der Waals surface area contributed by atoms with Crippen LogP contribution in [-0.2, 0) is 11.0 Å². The number of likely N-dealkylation sites (N-methyl/N-ethyl adjacent to an activating group) is 1. The van der Waals surface area contributed by atoms with Gasteiger partial charge in [0.05, 0.1) is 11.3 Å². The second-order valence-corrected chi connectivity index (χ2v) is 7.67. The Labute approximate surface area is 196 Å². The first kappa shape index (κ1) is 24.8. The summed E-state index contributed by atoms with van der Waals surface area (Å²) in [4.78, 5) is 26.5. The minimum absolute atomic E-state index is 0.0995. The van der Waals surface area contributed by atoms with E-state index < -0.39 is 23.7 Å². The first-order valence-electron chi connectivity index (χ1n) is 10.9. The van der Waals surface area contributed by atoms with Crippen molar-refractivity contribution in [1.29, 1.82) is 0 Å². The van der Waals surface area contributed by atoms with Crippen molar-refractivity contribution >= 4 is 17.6 Å². The van der Waals surface area contributed by atoms with Crippen LogP contribution in [0.15, 0.2) is 84.9 Å². The van der Waals surface area contributed by atoms with Crippen molar-refractivity contribution in [3.8, 4) is 0 Å². The Morgan fingerprint density at radius 1 is 0.853 bits per heavy atom. The number of nitrogens with one attached hydrogen (secondary N) is 2. The van der Waals surface area contributed by atoms with Gasteiger partial charge in [0.1, 0.15) is 6.54 Å². The van der Waals surface area contributed by atoms with Gasteiger partial charge in [0.15, 0.2) is 0 Å². The third kappa shape index (κ3) is 6.60. The molecule has 8 heteroatoms. The molecular formula is C26H26F3N3O2. The topological polar surface area (TPSA) is 61.4 Å². The molecule has 0 radical (unpaired) electrons. The van der Waals surface area contributed by atoms with Crippen molar-refractivity contribution in [2.45, 2.75) is 19.0 Å². The monoisotopic (exact) mass is 469 g/mol. The zero-order valence-corrected chi connectivity index (χ0v) is 18.7. The van der Waals surface area contributed by atoms with Gasteiger partial charge in [0.25, 0.3) is 0 Å². The molecular weight excluding hydrogens is 443 g/mol. The number of rotatable bonds is 8. The molecule has 2 N–H and O–H groups in total. The Hall–Kier alpha value is -3.81. The van der Waals surface area contributed by atoms with Gasteiger partial charge in [0, 0.05) is 19.0 Å². The summed E-state index contributed by atoms with van der Waals surface area (Å²) in [6.45, 7) is 1.82. The van der Waals surface area contributed by atoms with Crippen molar-refractivity contribution in [3.63, 3.8) is 0 Å². The standard InChI is InChI=1S/C26H26F3N3O2/c1-2-32(18-24(33)31-23-16-10-9-15-22(23)26(27,28)29)25(34)30-17-21(19-11-5-3-6-12-19)20-13-7-4-8-14-20/h3-16,21H,2,17-18H2,1H3,(H,30,34)(H,31,33). The van der Waals surface area contributed by atoms with E-state index in [1.807, 2.05) is 60.7 Å². The lowest BCUT2D eigenvalue weighted by Gasteiger charge is -2.24. The molecule has 178 valence electrons. The van der Waals surface area contributed by atoms with Gasteiger partial charge in [-0.25, -0.2) is 4.79 Å². The maximum Gasteiger partial charge on any atom is 0.418 e. The minimum atomic E-state index is -4.60. The van der Waals surface area contributed by atoms with Crippen LogP contribution in [0.25, 0.3) is 0 Å². The highest BCUT2D eigenvalue weighted by Gasteiger charge is 2.33. The number of amides is 3. The van der Waals surface area contributed by atoms with Gasteiger partial charge in [-0.05, 0) is 30.2 Å². The van der Waals surface area contributed by atoms with Crippen LogP contribution in [0, 0.1) is 0 Å². The van der Waals surface area contributed by atoms with Crippen molar-refractivity contribution < 1.29 is 22.8 Å². The van der Waals surface area contributed by atoms with Crippen LogP contribution in [0.3, 0.4) is 0 Å². The van der Waals surface area contributed by atoms with E-state index in [4.69, 9.17) is 0 Å². The predicted octanol–water partition coefficient (Wildman–Crippen LogP) is 5.51. The summed E-state index contributed by atoms with van der Waals surface area (Å²) >= 11 is 0. The average Bonchev–Trinajstić information content (AvgIpc) is 2.83. The molecule has 3 aromatic rings. The third-order valence-corrected chi connectivity index (χ3v) is 5.37. The molecule has 0 fully saturated rings. The number of halogens is 3. The maximum atomic E-state index is 13.2. The Morgan fingerprint density at radius 2 is 1.38 bits per heavy atom. The number of hydrogen-bond donors (Lipinski definition) is 2. The van der Waals surface area contributed by atoms with Crippen LogP contribution in [-0.4, -0.2) is 36.5 Å². The second-order valence-electron chi connectivity index (χ2n) is 7.67. The molecule has 3 rings (SSSR count). The van der Waals surface area contributed by atoms with Crippen molar-refractivity contribution in [2.75, 3.05) is 25.0 Å². The highest BCUT2D eigenvalue weighted by atomic mass is 19.4. The first-order chi connectivity index (χ1) is 16.3. The van der Waals surface area contributed by atoms with Gasteiger partial charge in [0.2, 0.25) is 5.91 Å². The van der Waals surface area contributed by atoms with E-state index in [-0.39, 0.29) is 24.7 Å². The number of alkyl halides is 3. The van der Waals surface area contributed by atoms with Crippen LogP contribution < -0.4 is 10.6 Å². The fourth-order valence-corrected chi connectivity index (χ4v) is 3.63. The van der Waals surface area contributed by atoms with Crippen LogP contribution in [0.5, 0.6) is 0 Å². The predicted molar refractivity (Wildman–Crippen MR) is 125 cm³/mol. The van der Waals surface area contributed by atoms with E-state index in [9.17, 15) is 22.8 Å². The SMILES string of the molecule is CCN(CC(=O)Nc1ccccc1C(F)(F)F)C(=O)NCC(c1ccccc1)c1ccccc1. The second kappa shape index (κ2) is 11.4. The number of carbonyl (C=O) groups is 2. The average molecular weight is 470 g/mol. The zero-order chi connectivity index (χ0) is 24.6. The van der Waals surface area contributed by atoms with Crippen molar-refractivity contribution in [1.82, 2.24) is 10.2 Å². The molecule has 3 amide bonds. The number of carbonyl (C=O) groups excluding carboxylic acids is 2. The lowest BCUT2D eigenvalue weighted by atomic mass is 9.91. The Balaban J connectivity index is 1.66. The highest BCUT2D eigenvalue weighted by molar-refractivity contribution is 5.95. The fourth-order valence-electron chi connectivity index (χ4n) is 3.63. The van der Waals surface area contributed by atoms with E-state index >= 15 is 0 Å².